The number of thioether (sulfide) groups is 1. The van der Waals surface area contributed by atoms with E-state index in [4.69, 9.17) is 4.42 Å². The largest absolute Gasteiger partial charge is 0.411 e. The molecule has 0 saturated carbocycles. The second kappa shape index (κ2) is 7.63. The van der Waals surface area contributed by atoms with E-state index >= 15 is 0 Å². The molecule has 7 heteroatoms. The van der Waals surface area contributed by atoms with Gasteiger partial charge in [-0.3, -0.25) is 4.79 Å². The van der Waals surface area contributed by atoms with E-state index in [-0.39, 0.29) is 11.2 Å². The van der Waals surface area contributed by atoms with Crippen LogP contribution in [0.25, 0.3) is 11.5 Å². The number of hydrogen-bond acceptors (Lipinski definition) is 5. The van der Waals surface area contributed by atoms with Crippen molar-refractivity contribution < 1.29 is 9.21 Å². The fourth-order valence-electron chi connectivity index (χ4n) is 1.94. The highest BCUT2D eigenvalue weighted by Gasteiger charge is 2.18. The summed E-state index contributed by atoms with van der Waals surface area (Å²) >= 11 is 4.59. The molecule has 0 unspecified atom stereocenters. The van der Waals surface area contributed by atoms with E-state index in [2.05, 4.69) is 31.4 Å². The number of benzene rings is 2. The Morgan fingerprint density at radius 3 is 2.54 bits per heavy atom. The van der Waals surface area contributed by atoms with Gasteiger partial charge in [0.2, 0.25) is 11.8 Å². The minimum Gasteiger partial charge on any atom is -0.411 e. The Morgan fingerprint density at radius 2 is 1.83 bits per heavy atom. The lowest BCUT2D eigenvalue weighted by Crippen LogP contribution is -2.22. The zero-order chi connectivity index (χ0) is 16.9. The highest BCUT2D eigenvalue weighted by Crippen LogP contribution is 2.26. The first-order valence-corrected chi connectivity index (χ1v) is 8.91. The van der Waals surface area contributed by atoms with Gasteiger partial charge < -0.3 is 9.73 Å². The lowest BCUT2D eigenvalue weighted by atomic mass is 10.2. The second-order valence-electron chi connectivity index (χ2n) is 5.00. The average Bonchev–Trinajstić information content (AvgIpc) is 3.06. The van der Waals surface area contributed by atoms with Crippen LogP contribution in [0.5, 0.6) is 0 Å². The maximum absolute atomic E-state index is 12.2. The normalized spacial score (nSPS) is 11.9. The Kier molecular flexibility index (Phi) is 5.32. The number of amides is 1. The van der Waals surface area contributed by atoms with Gasteiger partial charge >= 0.3 is 0 Å². The molecule has 0 saturated heterocycles. The molecule has 24 heavy (non-hydrogen) atoms. The number of nitrogens with one attached hydrogen (secondary N) is 1. The van der Waals surface area contributed by atoms with Crippen molar-refractivity contribution in [2.75, 3.05) is 5.32 Å². The summed E-state index contributed by atoms with van der Waals surface area (Å²) in [6.45, 7) is 1.80. The predicted octanol–water partition coefficient (Wildman–Crippen LogP) is 4.62. The van der Waals surface area contributed by atoms with Gasteiger partial charge in [0.25, 0.3) is 5.22 Å². The summed E-state index contributed by atoms with van der Waals surface area (Å²) < 4.78 is 6.57. The third-order valence-corrected chi connectivity index (χ3v) is 4.65. The van der Waals surface area contributed by atoms with Crippen LogP contribution in [0.3, 0.4) is 0 Å². The fraction of sp³-hybridized carbons (Fsp3) is 0.118. The molecule has 1 heterocycles. The first-order valence-electron chi connectivity index (χ1n) is 7.24. The van der Waals surface area contributed by atoms with E-state index in [0.717, 1.165) is 15.7 Å². The summed E-state index contributed by atoms with van der Waals surface area (Å²) in [4.78, 5) is 12.2. The van der Waals surface area contributed by atoms with Crippen molar-refractivity contribution in [1.82, 2.24) is 10.2 Å². The first kappa shape index (κ1) is 16.7. The fourth-order valence-corrected chi connectivity index (χ4v) is 2.88. The second-order valence-corrected chi connectivity index (χ2v) is 7.20. The smallest absolute Gasteiger partial charge is 0.277 e. The van der Waals surface area contributed by atoms with Crippen molar-refractivity contribution >= 4 is 39.3 Å². The van der Waals surface area contributed by atoms with Gasteiger partial charge in [-0.25, -0.2) is 0 Å². The average molecular weight is 404 g/mol. The lowest BCUT2D eigenvalue weighted by Gasteiger charge is -2.09. The number of rotatable bonds is 5. The SMILES string of the molecule is C[C@@H](Sc1nnc(-c2ccccc2)o1)C(=O)Nc1ccc(Br)cc1. The summed E-state index contributed by atoms with van der Waals surface area (Å²) in [7, 11) is 0. The predicted molar refractivity (Wildman–Crippen MR) is 97.8 cm³/mol. The van der Waals surface area contributed by atoms with Crippen molar-refractivity contribution in [1.29, 1.82) is 0 Å². The Labute approximate surface area is 152 Å². The van der Waals surface area contributed by atoms with Gasteiger partial charge in [0, 0.05) is 15.7 Å². The molecule has 122 valence electrons. The van der Waals surface area contributed by atoms with E-state index in [1.807, 2.05) is 54.6 Å². The van der Waals surface area contributed by atoms with Gasteiger partial charge in [-0.05, 0) is 43.3 Å². The molecular weight excluding hydrogens is 390 g/mol. The molecule has 3 rings (SSSR count). The molecule has 1 amide bonds. The number of anilines is 1. The van der Waals surface area contributed by atoms with Crippen LogP contribution in [0, 0.1) is 0 Å². The van der Waals surface area contributed by atoms with Gasteiger partial charge in [0.05, 0.1) is 5.25 Å². The first-order chi connectivity index (χ1) is 11.6. The van der Waals surface area contributed by atoms with Crippen LogP contribution in [0.4, 0.5) is 5.69 Å². The zero-order valence-corrected chi connectivity index (χ0v) is 15.2. The van der Waals surface area contributed by atoms with E-state index in [9.17, 15) is 4.79 Å². The summed E-state index contributed by atoms with van der Waals surface area (Å²) in [5, 5.41) is 10.9. The Morgan fingerprint density at radius 1 is 1.12 bits per heavy atom. The molecule has 1 atom stereocenters. The number of nitrogens with zero attached hydrogens (tertiary/aromatic N) is 2. The van der Waals surface area contributed by atoms with Crippen LogP contribution < -0.4 is 5.32 Å². The summed E-state index contributed by atoms with van der Waals surface area (Å²) in [6.07, 6.45) is 0. The van der Waals surface area contributed by atoms with Crippen molar-refractivity contribution in [2.45, 2.75) is 17.4 Å². The number of hydrogen-bond donors (Lipinski definition) is 1. The molecule has 0 fully saturated rings. The number of carbonyl (C=O) groups is 1. The molecule has 0 aliphatic rings. The Hall–Kier alpha value is -2.12. The van der Waals surface area contributed by atoms with Crippen LogP contribution in [-0.4, -0.2) is 21.4 Å². The highest BCUT2D eigenvalue weighted by molar-refractivity contribution is 9.10. The van der Waals surface area contributed by atoms with Crippen LogP contribution in [-0.2, 0) is 4.79 Å². The molecule has 3 aromatic rings. The number of halogens is 1. The monoisotopic (exact) mass is 403 g/mol. The van der Waals surface area contributed by atoms with Gasteiger partial charge in [-0.1, -0.05) is 45.9 Å². The van der Waals surface area contributed by atoms with Gasteiger partial charge in [0.15, 0.2) is 0 Å². The van der Waals surface area contributed by atoms with E-state index < -0.39 is 0 Å². The number of carbonyl (C=O) groups excluding carboxylic acids is 1. The van der Waals surface area contributed by atoms with Crippen LogP contribution in [0.15, 0.2) is 68.7 Å². The molecule has 0 radical (unpaired) electrons. The molecule has 0 aliphatic heterocycles. The van der Waals surface area contributed by atoms with Gasteiger partial charge in [-0.2, -0.15) is 0 Å². The van der Waals surface area contributed by atoms with Crippen molar-refractivity contribution in [2.24, 2.45) is 0 Å². The van der Waals surface area contributed by atoms with E-state index in [0.29, 0.717) is 11.1 Å². The molecule has 0 spiro atoms. The minimum atomic E-state index is -0.363. The zero-order valence-electron chi connectivity index (χ0n) is 12.8. The van der Waals surface area contributed by atoms with Gasteiger partial charge in [-0.15, -0.1) is 10.2 Å². The summed E-state index contributed by atoms with van der Waals surface area (Å²) in [5.74, 6) is 0.320. The third-order valence-electron chi connectivity index (χ3n) is 3.19. The van der Waals surface area contributed by atoms with Gasteiger partial charge in [0.1, 0.15) is 0 Å². The molecule has 1 N–H and O–H groups in total. The van der Waals surface area contributed by atoms with Crippen molar-refractivity contribution in [3.05, 3.63) is 59.1 Å². The van der Waals surface area contributed by atoms with Crippen LogP contribution >= 0.6 is 27.7 Å². The highest BCUT2D eigenvalue weighted by atomic mass is 79.9. The van der Waals surface area contributed by atoms with Crippen molar-refractivity contribution in [3.63, 3.8) is 0 Å². The molecular formula is C17H14BrN3O2S. The quantitative estimate of drug-likeness (QED) is 0.629. The van der Waals surface area contributed by atoms with E-state index in [1.54, 1.807) is 6.92 Å². The molecule has 0 bridgehead atoms. The third kappa shape index (κ3) is 4.24. The maximum atomic E-state index is 12.2. The topological polar surface area (TPSA) is 68.0 Å². The maximum Gasteiger partial charge on any atom is 0.277 e. The van der Waals surface area contributed by atoms with Crippen LogP contribution in [0.1, 0.15) is 6.92 Å². The Bertz CT molecular complexity index is 821. The van der Waals surface area contributed by atoms with Crippen molar-refractivity contribution in [3.8, 4) is 11.5 Å². The lowest BCUT2D eigenvalue weighted by molar-refractivity contribution is -0.115. The molecule has 0 aliphatic carbocycles. The van der Waals surface area contributed by atoms with Crippen LogP contribution in [0.2, 0.25) is 0 Å². The Balaban J connectivity index is 1.62. The molecule has 2 aromatic carbocycles. The summed E-state index contributed by atoms with van der Waals surface area (Å²) in [5.41, 5.74) is 1.59. The number of aromatic nitrogens is 2. The minimum absolute atomic E-state index is 0.123. The molecule has 5 nitrogen and oxygen atoms in total. The standard InChI is InChI=1S/C17H14BrN3O2S/c1-11(15(22)19-14-9-7-13(18)8-10-14)24-17-21-20-16(23-17)12-5-3-2-4-6-12/h2-11H,1H3,(H,19,22)/t11-/m1/s1. The molecule has 1 aromatic heterocycles. The summed E-state index contributed by atoms with van der Waals surface area (Å²) in [6, 6.07) is 16.9. The van der Waals surface area contributed by atoms with E-state index in [1.165, 1.54) is 11.8 Å².